The highest BCUT2D eigenvalue weighted by Crippen LogP contribution is 2.30. The molecule has 0 spiro atoms. The van der Waals surface area contributed by atoms with Crippen molar-refractivity contribution in [3.05, 3.63) is 71.9 Å². The highest BCUT2D eigenvalue weighted by atomic mass is 32.2. The molecule has 0 bridgehead atoms. The van der Waals surface area contributed by atoms with Crippen LogP contribution in [0.1, 0.15) is 15.9 Å². The molecule has 0 unspecified atom stereocenters. The highest BCUT2D eigenvalue weighted by molar-refractivity contribution is 7.92. The lowest BCUT2D eigenvalue weighted by Crippen LogP contribution is -2.20. The number of sulfonamides is 1. The quantitative estimate of drug-likeness (QED) is 0.599. The minimum atomic E-state index is -4.58. The van der Waals surface area contributed by atoms with E-state index < -0.39 is 32.7 Å². The first kappa shape index (κ1) is 19.4. The van der Waals surface area contributed by atoms with Gasteiger partial charge in [0, 0.05) is 11.4 Å². The summed E-state index contributed by atoms with van der Waals surface area (Å²) in [4.78, 5) is 12.4. The number of alkyl halides is 3. The number of para-hydroxylation sites is 1. The SMILES string of the molecule is O=C(Nc1cccc(C(F)(F)F)c1)c1cn[nH]c1S(=O)(=O)Nc1ccccc1. The first-order valence-electron chi connectivity index (χ1n) is 7.77. The van der Waals surface area contributed by atoms with Crippen LogP contribution in [0.15, 0.2) is 65.8 Å². The Morgan fingerprint density at radius 3 is 2.36 bits per heavy atom. The zero-order valence-corrected chi connectivity index (χ0v) is 14.8. The minimum absolute atomic E-state index is 0.139. The van der Waals surface area contributed by atoms with Gasteiger partial charge in [-0.1, -0.05) is 24.3 Å². The number of benzene rings is 2. The summed E-state index contributed by atoms with van der Waals surface area (Å²) in [6.07, 6.45) is -3.60. The largest absolute Gasteiger partial charge is 0.416 e. The van der Waals surface area contributed by atoms with Crippen molar-refractivity contribution in [3.63, 3.8) is 0 Å². The molecule has 28 heavy (non-hydrogen) atoms. The minimum Gasteiger partial charge on any atom is -0.322 e. The van der Waals surface area contributed by atoms with Crippen LogP contribution in [0.4, 0.5) is 24.5 Å². The summed E-state index contributed by atoms with van der Waals surface area (Å²) in [6.45, 7) is 0. The number of anilines is 2. The van der Waals surface area contributed by atoms with Gasteiger partial charge in [-0.3, -0.25) is 14.6 Å². The molecular weight excluding hydrogens is 397 g/mol. The molecule has 0 fully saturated rings. The van der Waals surface area contributed by atoms with E-state index in [1.54, 1.807) is 18.2 Å². The van der Waals surface area contributed by atoms with Gasteiger partial charge in [0.1, 0.15) is 0 Å². The molecule has 146 valence electrons. The second kappa shape index (κ2) is 7.35. The van der Waals surface area contributed by atoms with Crippen LogP contribution in [0.2, 0.25) is 0 Å². The zero-order valence-electron chi connectivity index (χ0n) is 14.0. The number of hydrogen-bond acceptors (Lipinski definition) is 4. The van der Waals surface area contributed by atoms with E-state index >= 15 is 0 Å². The van der Waals surface area contributed by atoms with Crippen molar-refractivity contribution in [2.45, 2.75) is 11.2 Å². The van der Waals surface area contributed by atoms with Gasteiger partial charge in [0.15, 0.2) is 5.03 Å². The van der Waals surface area contributed by atoms with E-state index in [-0.39, 0.29) is 16.9 Å². The zero-order chi connectivity index (χ0) is 20.4. The van der Waals surface area contributed by atoms with Gasteiger partial charge in [0.05, 0.1) is 17.3 Å². The summed E-state index contributed by atoms with van der Waals surface area (Å²) in [5.74, 6) is -0.929. The van der Waals surface area contributed by atoms with Crippen molar-refractivity contribution >= 4 is 27.3 Å². The van der Waals surface area contributed by atoms with Crippen molar-refractivity contribution in [1.29, 1.82) is 0 Å². The van der Waals surface area contributed by atoms with E-state index in [1.807, 2.05) is 0 Å². The fourth-order valence-electron chi connectivity index (χ4n) is 2.32. The maximum atomic E-state index is 12.8. The van der Waals surface area contributed by atoms with E-state index in [0.717, 1.165) is 24.4 Å². The van der Waals surface area contributed by atoms with Crippen molar-refractivity contribution in [3.8, 4) is 0 Å². The molecule has 1 heterocycles. The van der Waals surface area contributed by atoms with Gasteiger partial charge in [-0.15, -0.1) is 0 Å². The van der Waals surface area contributed by atoms with Gasteiger partial charge in [0.2, 0.25) is 0 Å². The van der Waals surface area contributed by atoms with Crippen LogP contribution in [-0.4, -0.2) is 24.5 Å². The Morgan fingerprint density at radius 2 is 1.68 bits per heavy atom. The van der Waals surface area contributed by atoms with Crippen molar-refractivity contribution < 1.29 is 26.4 Å². The van der Waals surface area contributed by atoms with Gasteiger partial charge >= 0.3 is 6.18 Å². The van der Waals surface area contributed by atoms with E-state index in [4.69, 9.17) is 0 Å². The van der Waals surface area contributed by atoms with Crippen molar-refractivity contribution in [2.75, 3.05) is 10.0 Å². The number of aromatic nitrogens is 2. The number of rotatable bonds is 5. The fraction of sp³-hybridized carbons (Fsp3) is 0.0588. The lowest BCUT2D eigenvalue weighted by Gasteiger charge is -2.10. The molecule has 0 radical (unpaired) electrons. The molecule has 3 rings (SSSR count). The first-order chi connectivity index (χ1) is 13.2. The van der Waals surface area contributed by atoms with Crippen LogP contribution >= 0.6 is 0 Å². The third-order valence-electron chi connectivity index (χ3n) is 3.59. The monoisotopic (exact) mass is 410 g/mol. The maximum absolute atomic E-state index is 12.8. The summed E-state index contributed by atoms with van der Waals surface area (Å²) in [6, 6.07) is 11.9. The Bertz CT molecular complexity index is 1100. The Morgan fingerprint density at radius 1 is 1.00 bits per heavy atom. The number of carbonyl (C=O) groups excluding carboxylic acids is 1. The fourth-order valence-corrected chi connectivity index (χ4v) is 3.48. The average molecular weight is 410 g/mol. The molecule has 0 aliphatic rings. The van der Waals surface area contributed by atoms with Gasteiger partial charge in [-0.2, -0.15) is 26.7 Å². The first-order valence-corrected chi connectivity index (χ1v) is 9.25. The number of amides is 1. The van der Waals surface area contributed by atoms with Crippen LogP contribution in [0, 0.1) is 0 Å². The summed E-state index contributed by atoms with van der Waals surface area (Å²) >= 11 is 0. The molecule has 3 aromatic rings. The standard InChI is InChI=1S/C17H13F3N4O3S/c18-17(19,20)11-5-4-8-13(9-11)22-15(25)14-10-21-23-16(14)28(26,27)24-12-6-2-1-3-7-12/h1-10,24H,(H,21,23)(H,22,25). The molecule has 0 saturated carbocycles. The average Bonchev–Trinajstić information content (AvgIpc) is 3.13. The Kier molecular flexibility index (Phi) is 5.10. The summed E-state index contributed by atoms with van der Waals surface area (Å²) in [7, 11) is -4.18. The molecule has 0 aliphatic heterocycles. The normalized spacial score (nSPS) is 11.8. The molecule has 0 atom stereocenters. The number of hydrogen-bond donors (Lipinski definition) is 3. The molecule has 0 aliphatic carbocycles. The van der Waals surface area contributed by atoms with E-state index in [9.17, 15) is 26.4 Å². The predicted octanol–water partition coefficient (Wildman–Crippen LogP) is 3.48. The summed E-state index contributed by atoms with van der Waals surface area (Å²) in [5, 5.41) is 7.52. The van der Waals surface area contributed by atoms with Crippen molar-refractivity contribution in [2.24, 2.45) is 0 Å². The number of nitrogens with one attached hydrogen (secondary N) is 3. The van der Waals surface area contributed by atoms with E-state index in [1.165, 1.54) is 18.2 Å². The lowest BCUT2D eigenvalue weighted by atomic mass is 10.2. The van der Waals surface area contributed by atoms with Crippen LogP contribution < -0.4 is 10.0 Å². The number of aromatic amines is 1. The Balaban J connectivity index is 1.84. The molecular formula is C17H13F3N4O3S. The van der Waals surface area contributed by atoms with Gasteiger partial charge in [-0.25, -0.2) is 0 Å². The van der Waals surface area contributed by atoms with E-state index in [2.05, 4.69) is 20.2 Å². The topological polar surface area (TPSA) is 104 Å². The lowest BCUT2D eigenvalue weighted by molar-refractivity contribution is -0.137. The van der Waals surface area contributed by atoms with Gasteiger partial charge in [0.25, 0.3) is 15.9 Å². The predicted molar refractivity (Wildman–Crippen MR) is 95.2 cm³/mol. The van der Waals surface area contributed by atoms with Crippen LogP contribution in [0.3, 0.4) is 0 Å². The molecule has 1 amide bonds. The maximum Gasteiger partial charge on any atom is 0.416 e. The third kappa shape index (κ3) is 4.31. The van der Waals surface area contributed by atoms with Crippen LogP contribution in [0.5, 0.6) is 0 Å². The second-order valence-corrected chi connectivity index (χ2v) is 7.24. The summed E-state index contributed by atoms with van der Waals surface area (Å²) in [5.41, 5.74) is -1.17. The second-order valence-electron chi connectivity index (χ2n) is 5.62. The molecule has 11 heteroatoms. The van der Waals surface area contributed by atoms with Gasteiger partial charge < -0.3 is 5.32 Å². The molecule has 1 aromatic heterocycles. The van der Waals surface area contributed by atoms with Crippen LogP contribution in [0.25, 0.3) is 0 Å². The molecule has 0 saturated heterocycles. The van der Waals surface area contributed by atoms with Crippen LogP contribution in [-0.2, 0) is 16.2 Å². The number of H-pyrrole nitrogens is 1. The smallest absolute Gasteiger partial charge is 0.322 e. The Labute approximate surface area is 157 Å². The number of halogens is 3. The number of nitrogens with zero attached hydrogens (tertiary/aromatic N) is 1. The number of carbonyl (C=O) groups is 1. The van der Waals surface area contributed by atoms with Crippen molar-refractivity contribution in [1.82, 2.24) is 10.2 Å². The molecule has 3 N–H and O–H groups in total. The Hall–Kier alpha value is -3.34. The highest BCUT2D eigenvalue weighted by Gasteiger charge is 2.31. The third-order valence-corrected chi connectivity index (χ3v) is 4.94. The molecule has 2 aromatic carbocycles. The molecule has 7 nitrogen and oxygen atoms in total. The van der Waals surface area contributed by atoms with E-state index in [0.29, 0.717) is 0 Å². The van der Waals surface area contributed by atoms with Gasteiger partial charge in [-0.05, 0) is 30.3 Å². The summed E-state index contributed by atoms with van der Waals surface area (Å²) < 4.78 is 65.7.